The number of hydrogen-bond donors (Lipinski definition) is 1. The van der Waals surface area contributed by atoms with Crippen LogP contribution in [0.2, 0.25) is 0 Å². The van der Waals surface area contributed by atoms with Gasteiger partial charge in [0.05, 0.1) is 20.6 Å². The van der Waals surface area contributed by atoms with Crippen LogP contribution in [0.3, 0.4) is 0 Å². The van der Waals surface area contributed by atoms with Crippen molar-refractivity contribution in [2.24, 2.45) is 0 Å². The van der Waals surface area contributed by atoms with Crippen molar-refractivity contribution in [3.05, 3.63) is 83.2 Å². The second-order valence-electron chi connectivity index (χ2n) is 8.31. The quantitative estimate of drug-likeness (QED) is 0.547. The molecule has 0 bridgehead atoms. The first-order valence-electron chi connectivity index (χ1n) is 11.2. The van der Waals surface area contributed by atoms with E-state index in [1.54, 1.807) is 56.4 Å². The highest BCUT2D eigenvalue weighted by Gasteiger charge is 2.29. The molecule has 1 atom stereocenters. The van der Waals surface area contributed by atoms with Crippen LogP contribution in [0, 0.1) is 5.82 Å². The molecule has 0 saturated heterocycles. The zero-order valence-corrected chi connectivity index (χ0v) is 19.8. The number of halogens is 1. The highest BCUT2D eigenvalue weighted by atomic mass is 19.1. The van der Waals surface area contributed by atoms with Crippen LogP contribution in [0.4, 0.5) is 10.1 Å². The molecule has 0 saturated carbocycles. The molecule has 1 N–H and O–H groups in total. The van der Waals surface area contributed by atoms with E-state index in [0.29, 0.717) is 41.6 Å². The molecule has 0 spiro atoms. The summed E-state index contributed by atoms with van der Waals surface area (Å²) in [5, 5.41) is 2.87. The Labute approximate surface area is 203 Å². The number of methoxy groups -OCH3 is 2. The molecule has 7 nitrogen and oxygen atoms in total. The Morgan fingerprint density at radius 1 is 1.09 bits per heavy atom. The highest BCUT2D eigenvalue weighted by molar-refractivity contribution is 5.92. The summed E-state index contributed by atoms with van der Waals surface area (Å²) in [6.07, 6.45) is -0.549. The van der Waals surface area contributed by atoms with Gasteiger partial charge in [0.1, 0.15) is 23.1 Å². The minimum atomic E-state index is -0.667. The van der Waals surface area contributed by atoms with E-state index in [0.717, 1.165) is 11.1 Å². The normalized spacial score (nSPS) is 15.0. The Kier molecular flexibility index (Phi) is 7.19. The van der Waals surface area contributed by atoms with Gasteiger partial charge in [0.25, 0.3) is 5.91 Å². The first kappa shape index (κ1) is 24.1. The third-order valence-electron chi connectivity index (χ3n) is 5.80. The third-order valence-corrected chi connectivity index (χ3v) is 5.80. The van der Waals surface area contributed by atoms with E-state index < -0.39 is 6.10 Å². The number of nitrogens with zero attached hydrogens (tertiary/aromatic N) is 1. The molecule has 0 unspecified atom stereocenters. The maximum atomic E-state index is 13.1. The topological polar surface area (TPSA) is 77.1 Å². The molecule has 0 aliphatic carbocycles. The van der Waals surface area contributed by atoms with Gasteiger partial charge in [-0.25, -0.2) is 4.39 Å². The summed E-state index contributed by atoms with van der Waals surface area (Å²) in [6.45, 7) is 2.34. The number of rotatable bonds is 7. The molecular weight excluding hydrogens is 451 g/mol. The molecule has 35 heavy (non-hydrogen) atoms. The number of fused-ring (bicyclic) bond motifs is 1. The third kappa shape index (κ3) is 5.71. The molecule has 1 aliphatic rings. The van der Waals surface area contributed by atoms with E-state index in [-0.39, 0.29) is 24.1 Å². The number of benzene rings is 3. The van der Waals surface area contributed by atoms with Gasteiger partial charge in [-0.05, 0) is 55.0 Å². The Bertz CT molecular complexity index is 1230. The van der Waals surface area contributed by atoms with Crippen molar-refractivity contribution in [1.82, 2.24) is 4.90 Å². The van der Waals surface area contributed by atoms with Gasteiger partial charge >= 0.3 is 0 Å². The molecule has 182 valence electrons. The Morgan fingerprint density at radius 3 is 2.57 bits per heavy atom. The molecule has 0 fully saturated rings. The molecule has 1 aliphatic heterocycles. The van der Waals surface area contributed by atoms with Gasteiger partial charge in [-0.15, -0.1) is 0 Å². The molecular formula is C27H27FN2O5. The lowest BCUT2D eigenvalue weighted by molar-refractivity contribution is -0.138. The second kappa shape index (κ2) is 10.5. The number of nitrogens with one attached hydrogen (secondary N) is 1. The van der Waals surface area contributed by atoms with Gasteiger partial charge in [0.15, 0.2) is 6.10 Å². The average molecular weight is 479 g/mol. The number of carbonyl (C=O) groups is 2. The van der Waals surface area contributed by atoms with Gasteiger partial charge in [-0.2, -0.15) is 0 Å². The maximum Gasteiger partial charge on any atom is 0.263 e. The van der Waals surface area contributed by atoms with Crippen LogP contribution < -0.4 is 19.5 Å². The van der Waals surface area contributed by atoms with Crippen LogP contribution in [0.25, 0.3) is 0 Å². The van der Waals surface area contributed by atoms with Crippen molar-refractivity contribution in [3.63, 3.8) is 0 Å². The van der Waals surface area contributed by atoms with E-state index in [1.807, 2.05) is 18.2 Å². The number of amides is 2. The van der Waals surface area contributed by atoms with Gasteiger partial charge in [0, 0.05) is 36.0 Å². The van der Waals surface area contributed by atoms with Crippen LogP contribution in [0.15, 0.2) is 60.7 Å². The molecule has 4 rings (SSSR count). The monoisotopic (exact) mass is 478 g/mol. The minimum Gasteiger partial charge on any atom is -0.497 e. The Hall–Kier alpha value is -4.07. The zero-order valence-electron chi connectivity index (χ0n) is 19.8. The lowest BCUT2D eigenvalue weighted by atomic mass is 10.1. The zero-order chi connectivity index (χ0) is 24.9. The van der Waals surface area contributed by atoms with E-state index in [9.17, 15) is 14.0 Å². The fourth-order valence-corrected chi connectivity index (χ4v) is 3.99. The number of carbonyl (C=O) groups excluding carboxylic acids is 2. The molecule has 0 aromatic heterocycles. The van der Waals surface area contributed by atoms with Gasteiger partial charge in [0.2, 0.25) is 5.91 Å². The minimum absolute atomic E-state index is 0.118. The van der Waals surface area contributed by atoms with Crippen molar-refractivity contribution in [2.45, 2.75) is 32.5 Å². The first-order chi connectivity index (χ1) is 16.9. The molecule has 0 radical (unpaired) electrons. The second-order valence-corrected chi connectivity index (χ2v) is 8.31. The SMILES string of the molecule is COc1ccc(CN2Cc3cc(NC(=O)Cc4ccc(F)cc4)ccc3O[C@@H](C)C2=O)c(OC)c1. The Balaban J connectivity index is 1.52. The maximum absolute atomic E-state index is 13.1. The van der Waals surface area contributed by atoms with Crippen LogP contribution in [-0.4, -0.2) is 37.0 Å². The summed E-state index contributed by atoms with van der Waals surface area (Å²) in [6, 6.07) is 16.6. The standard InChI is InChI=1S/C27H27FN2O5/c1-17-27(32)30(15-19-6-10-23(33-2)14-25(19)34-3)16-20-13-22(9-11-24(20)35-17)29-26(31)12-18-4-7-21(28)8-5-18/h4-11,13-14,17H,12,15-16H2,1-3H3,(H,29,31)/t17-/m0/s1. The molecule has 3 aromatic rings. The summed E-state index contributed by atoms with van der Waals surface area (Å²) in [7, 11) is 3.16. The van der Waals surface area contributed by atoms with E-state index in [4.69, 9.17) is 14.2 Å². The van der Waals surface area contributed by atoms with Crippen LogP contribution in [0.1, 0.15) is 23.6 Å². The number of anilines is 1. The van der Waals surface area contributed by atoms with Crippen molar-refractivity contribution < 1.29 is 28.2 Å². The number of ether oxygens (including phenoxy) is 3. The summed E-state index contributed by atoms with van der Waals surface area (Å²) in [5.74, 6) is 1.15. The molecule has 1 heterocycles. The van der Waals surface area contributed by atoms with E-state index in [2.05, 4.69) is 5.32 Å². The van der Waals surface area contributed by atoms with E-state index in [1.165, 1.54) is 12.1 Å². The summed E-state index contributed by atoms with van der Waals surface area (Å²) in [4.78, 5) is 27.3. The fraction of sp³-hybridized carbons (Fsp3) is 0.259. The summed E-state index contributed by atoms with van der Waals surface area (Å²) >= 11 is 0. The van der Waals surface area contributed by atoms with Crippen molar-refractivity contribution >= 4 is 17.5 Å². The summed E-state index contributed by atoms with van der Waals surface area (Å²) < 4.78 is 29.8. The fourth-order valence-electron chi connectivity index (χ4n) is 3.99. The van der Waals surface area contributed by atoms with Gasteiger partial charge in [-0.3, -0.25) is 9.59 Å². The van der Waals surface area contributed by atoms with Crippen LogP contribution in [0.5, 0.6) is 17.2 Å². The van der Waals surface area contributed by atoms with Crippen molar-refractivity contribution in [2.75, 3.05) is 19.5 Å². The van der Waals surface area contributed by atoms with Gasteiger partial charge < -0.3 is 24.4 Å². The molecule has 2 amide bonds. The van der Waals surface area contributed by atoms with Crippen molar-refractivity contribution in [3.8, 4) is 17.2 Å². The molecule has 3 aromatic carbocycles. The smallest absolute Gasteiger partial charge is 0.263 e. The van der Waals surface area contributed by atoms with Crippen LogP contribution in [-0.2, 0) is 29.1 Å². The average Bonchev–Trinajstić information content (AvgIpc) is 2.96. The number of hydrogen-bond acceptors (Lipinski definition) is 5. The van der Waals surface area contributed by atoms with E-state index >= 15 is 0 Å². The lowest BCUT2D eigenvalue weighted by Crippen LogP contribution is -2.37. The largest absolute Gasteiger partial charge is 0.497 e. The van der Waals surface area contributed by atoms with Gasteiger partial charge in [-0.1, -0.05) is 12.1 Å². The van der Waals surface area contributed by atoms with Crippen molar-refractivity contribution in [1.29, 1.82) is 0 Å². The summed E-state index contributed by atoms with van der Waals surface area (Å²) in [5.41, 5.74) is 2.90. The predicted octanol–water partition coefficient (Wildman–Crippen LogP) is 4.33. The lowest BCUT2D eigenvalue weighted by Gasteiger charge is -2.23. The predicted molar refractivity (Wildman–Crippen MR) is 129 cm³/mol. The van der Waals surface area contributed by atoms with Crippen LogP contribution >= 0.6 is 0 Å². The first-order valence-corrected chi connectivity index (χ1v) is 11.2. The Morgan fingerprint density at radius 2 is 1.86 bits per heavy atom. The highest BCUT2D eigenvalue weighted by Crippen LogP contribution is 2.31. The molecule has 8 heteroatoms.